The van der Waals surface area contributed by atoms with E-state index in [1.165, 1.54) is 18.2 Å². The van der Waals surface area contributed by atoms with Gasteiger partial charge in [-0.2, -0.15) is 15.0 Å². The van der Waals surface area contributed by atoms with Crippen molar-refractivity contribution in [3.05, 3.63) is 29.6 Å². The fourth-order valence-electron chi connectivity index (χ4n) is 1.88. The van der Waals surface area contributed by atoms with E-state index >= 15 is 0 Å². The molecule has 0 saturated carbocycles. The predicted octanol–water partition coefficient (Wildman–Crippen LogP) is 2.54. The van der Waals surface area contributed by atoms with Crippen molar-refractivity contribution in [1.29, 1.82) is 0 Å². The Kier molecular flexibility index (Phi) is 4.52. The van der Waals surface area contributed by atoms with Gasteiger partial charge in [0.25, 0.3) is 0 Å². The van der Waals surface area contributed by atoms with Crippen LogP contribution in [-0.2, 0) is 0 Å². The Labute approximate surface area is 122 Å². The molecule has 2 rings (SSSR count). The quantitative estimate of drug-likeness (QED) is 0.912. The third-order valence-corrected chi connectivity index (χ3v) is 3.00. The minimum Gasteiger partial charge on any atom is -0.424 e. The van der Waals surface area contributed by atoms with E-state index in [0.29, 0.717) is 17.3 Å². The van der Waals surface area contributed by atoms with Gasteiger partial charge in [0.05, 0.1) is 0 Å². The number of aromatic nitrogens is 3. The molecule has 0 aliphatic heterocycles. The summed E-state index contributed by atoms with van der Waals surface area (Å²) >= 11 is 0. The van der Waals surface area contributed by atoms with Gasteiger partial charge >= 0.3 is 6.01 Å². The van der Waals surface area contributed by atoms with Crippen molar-refractivity contribution in [3.63, 3.8) is 0 Å². The maximum atomic E-state index is 13.1. The highest BCUT2D eigenvalue weighted by Crippen LogP contribution is 2.24. The Balaban J connectivity index is 2.31. The summed E-state index contributed by atoms with van der Waals surface area (Å²) in [6, 6.07) is 4.32. The fourth-order valence-corrected chi connectivity index (χ4v) is 1.88. The Morgan fingerprint density at radius 2 is 1.90 bits per heavy atom. The second-order valence-corrected chi connectivity index (χ2v) is 4.46. The molecule has 1 aromatic carbocycles. The third kappa shape index (κ3) is 3.56. The number of hydrogen-bond donors (Lipinski definition) is 1. The number of ether oxygens (including phenoxy) is 1. The van der Waals surface area contributed by atoms with Crippen LogP contribution in [0.1, 0.15) is 19.4 Å². The number of aryl methyl sites for hydroxylation is 1. The second-order valence-electron chi connectivity index (χ2n) is 4.46. The maximum Gasteiger partial charge on any atom is 0.328 e. The lowest BCUT2D eigenvalue weighted by molar-refractivity contribution is 0.435. The lowest BCUT2D eigenvalue weighted by Gasteiger charge is -2.18. The molecule has 1 heterocycles. The van der Waals surface area contributed by atoms with Crippen molar-refractivity contribution in [1.82, 2.24) is 15.0 Å². The minimum absolute atomic E-state index is 0.0849. The molecule has 0 aliphatic carbocycles. The molecule has 21 heavy (non-hydrogen) atoms. The van der Waals surface area contributed by atoms with Gasteiger partial charge in [-0.25, -0.2) is 4.39 Å². The van der Waals surface area contributed by atoms with Crippen LogP contribution in [0.4, 0.5) is 16.3 Å². The predicted molar refractivity (Wildman–Crippen MR) is 79.0 cm³/mol. The lowest BCUT2D eigenvalue weighted by Crippen LogP contribution is -2.25. The van der Waals surface area contributed by atoms with E-state index in [-0.39, 0.29) is 17.8 Å². The maximum absolute atomic E-state index is 13.1. The molecule has 0 amide bonds. The Morgan fingerprint density at radius 3 is 2.52 bits per heavy atom. The van der Waals surface area contributed by atoms with Crippen molar-refractivity contribution in [2.24, 2.45) is 0 Å². The zero-order valence-corrected chi connectivity index (χ0v) is 12.3. The molecule has 0 bridgehead atoms. The van der Waals surface area contributed by atoms with E-state index in [1.807, 2.05) is 18.7 Å². The zero-order chi connectivity index (χ0) is 15.4. The molecule has 7 heteroatoms. The van der Waals surface area contributed by atoms with Gasteiger partial charge in [0.2, 0.25) is 11.9 Å². The molecule has 0 fully saturated rings. The van der Waals surface area contributed by atoms with Crippen molar-refractivity contribution in [2.45, 2.75) is 20.8 Å². The zero-order valence-electron chi connectivity index (χ0n) is 12.3. The Hall–Kier alpha value is -2.44. The molecule has 112 valence electrons. The van der Waals surface area contributed by atoms with E-state index in [0.717, 1.165) is 13.1 Å². The lowest BCUT2D eigenvalue weighted by atomic mass is 10.2. The van der Waals surface area contributed by atoms with Gasteiger partial charge in [0.15, 0.2) is 0 Å². The molecule has 0 atom stereocenters. The standard InChI is InChI=1S/C14H18FN5O/c1-4-20(5-2)13-17-12(16)18-14(19-13)21-11-7-6-10(15)8-9(11)3/h6-8H,4-5H2,1-3H3,(H2,16,17,18,19). The van der Waals surface area contributed by atoms with Crippen molar-refractivity contribution in [3.8, 4) is 11.8 Å². The second kappa shape index (κ2) is 6.34. The van der Waals surface area contributed by atoms with Crippen LogP contribution in [0.2, 0.25) is 0 Å². The number of anilines is 2. The minimum atomic E-state index is -0.321. The van der Waals surface area contributed by atoms with Crippen LogP contribution in [-0.4, -0.2) is 28.0 Å². The van der Waals surface area contributed by atoms with Gasteiger partial charge in [-0.05, 0) is 44.5 Å². The van der Waals surface area contributed by atoms with Crippen molar-refractivity contribution in [2.75, 3.05) is 23.7 Å². The number of nitrogens with two attached hydrogens (primary N) is 1. The van der Waals surface area contributed by atoms with E-state index in [9.17, 15) is 4.39 Å². The SMILES string of the molecule is CCN(CC)c1nc(N)nc(Oc2ccc(F)cc2C)n1. The highest BCUT2D eigenvalue weighted by molar-refractivity contribution is 5.38. The molecule has 0 radical (unpaired) electrons. The monoisotopic (exact) mass is 291 g/mol. The third-order valence-electron chi connectivity index (χ3n) is 3.00. The first-order chi connectivity index (χ1) is 10.0. The number of benzene rings is 1. The largest absolute Gasteiger partial charge is 0.424 e. The summed E-state index contributed by atoms with van der Waals surface area (Å²) in [5.41, 5.74) is 6.34. The summed E-state index contributed by atoms with van der Waals surface area (Å²) in [5, 5.41) is 0. The van der Waals surface area contributed by atoms with Gasteiger partial charge in [-0.1, -0.05) is 0 Å². The molecule has 0 aliphatic rings. The summed E-state index contributed by atoms with van der Waals surface area (Å²) in [6.45, 7) is 7.22. The smallest absolute Gasteiger partial charge is 0.328 e. The average Bonchev–Trinajstić information content (AvgIpc) is 2.43. The highest BCUT2D eigenvalue weighted by Gasteiger charge is 2.12. The Bertz CT molecular complexity index is 631. The molecule has 1 aromatic heterocycles. The van der Waals surface area contributed by atoms with Crippen LogP contribution in [0.15, 0.2) is 18.2 Å². The number of nitrogens with zero attached hydrogens (tertiary/aromatic N) is 4. The topological polar surface area (TPSA) is 77.2 Å². The van der Waals surface area contributed by atoms with Gasteiger partial charge < -0.3 is 15.4 Å². The number of hydrogen-bond acceptors (Lipinski definition) is 6. The molecular weight excluding hydrogens is 273 g/mol. The number of nitrogen functional groups attached to an aromatic ring is 1. The molecule has 0 unspecified atom stereocenters. The van der Waals surface area contributed by atoms with Crippen LogP contribution in [0.25, 0.3) is 0 Å². The number of halogens is 1. The van der Waals surface area contributed by atoms with Gasteiger partial charge in [0.1, 0.15) is 11.6 Å². The van der Waals surface area contributed by atoms with E-state index in [1.54, 1.807) is 6.92 Å². The van der Waals surface area contributed by atoms with E-state index in [4.69, 9.17) is 10.5 Å². The summed E-state index contributed by atoms with van der Waals surface area (Å²) in [7, 11) is 0. The van der Waals surface area contributed by atoms with Crippen LogP contribution >= 0.6 is 0 Å². The van der Waals surface area contributed by atoms with Crippen molar-refractivity contribution < 1.29 is 9.13 Å². The van der Waals surface area contributed by atoms with Crippen LogP contribution in [0, 0.1) is 12.7 Å². The van der Waals surface area contributed by atoms with E-state index in [2.05, 4.69) is 15.0 Å². The van der Waals surface area contributed by atoms with Crippen LogP contribution < -0.4 is 15.4 Å². The average molecular weight is 291 g/mol. The summed E-state index contributed by atoms with van der Waals surface area (Å²) in [4.78, 5) is 14.2. The molecule has 2 N–H and O–H groups in total. The normalized spacial score (nSPS) is 10.5. The van der Waals surface area contributed by atoms with Crippen LogP contribution in [0.3, 0.4) is 0 Å². The first-order valence-corrected chi connectivity index (χ1v) is 6.74. The van der Waals surface area contributed by atoms with Crippen molar-refractivity contribution >= 4 is 11.9 Å². The summed E-state index contributed by atoms with van der Waals surface area (Å²) < 4.78 is 18.7. The highest BCUT2D eigenvalue weighted by atomic mass is 19.1. The molecule has 0 saturated heterocycles. The van der Waals surface area contributed by atoms with Gasteiger partial charge in [-0.3, -0.25) is 0 Å². The van der Waals surface area contributed by atoms with Gasteiger partial charge in [0, 0.05) is 13.1 Å². The molecule has 2 aromatic rings. The molecular formula is C14H18FN5O. The van der Waals surface area contributed by atoms with Gasteiger partial charge in [-0.15, -0.1) is 0 Å². The summed E-state index contributed by atoms with van der Waals surface area (Å²) in [6.07, 6.45) is 0. The molecule has 0 spiro atoms. The summed E-state index contributed by atoms with van der Waals surface area (Å²) in [5.74, 6) is 0.704. The first-order valence-electron chi connectivity index (χ1n) is 6.74. The fraction of sp³-hybridized carbons (Fsp3) is 0.357. The first kappa shape index (κ1) is 15.0. The van der Waals surface area contributed by atoms with Crippen LogP contribution in [0.5, 0.6) is 11.8 Å². The molecule has 6 nitrogen and oxygen atoms in total. The van der Waals surface area contributed by atoms with E-state index < -0.39 is 0 Å². The Morgan fingerprint density at radius 1 is 1.19 bits per heavy atom. The number of rotatable bonds is 5.